The number of hydrogen-bond donors (Lipinski definition) is 2. The minimum Gasteiger partial charge on any atom is -0.462 e. The van der Waals surface area contributed by atoms with Crippen molar-refractivity contribution in [3.8, 4) is 0 Å². The molecule has 0 bridgehead atoms. The van der Waals surface area contributed by atoms with Crippen molar-refractivity contribution < 1.29 is 14.6 Å². The van der Waals surface area contributed by atoms with Gasteiger partial charge in [-0.1, -0.05) is 11.6 Å². The fourth-order valence-electron chi connectivity index (χ4n) is 2.60. The van der Waals surface area contributed by atoms with Gasteiger partial charge >= 0.3 is 5.97 Å². The second-order valence-corrected chi connectivity index (χ2v) is 5.20. The second kappa shape index (κ2) is 6.33. The number of esters is 1. The number of carbonyl (C=O) groups excluding carboxylic acids is 1. The summed E-state index contributed by atoms with van der Waals surface area (Å²) in [5.74, 6) is -0.444. The quantitative estimate of drug-likeness (QED) is 0.657. The third-order valence-electron chi connectivity index (χ3n) is 3.46. The second-order valence-electron chi connectivity index (χ2n) is 4.79. The number of aliphatic hydroxyl groups excluding tert-OH is 1. The van der Waals surface area contributed by atoms with Gasteiger partial charge in [-0.15, -0.1) is 0 Å². The van der Waals surface area contributed by atoms with E-state index in [9.17, 15) is 9.90 Å². The summed E-state index contributed by atoms with van der Waals surface area (Å²) in [6, 6.07) is 3.17. The summed E-state index contributed by atoms with van der Waals surface area (Å²) in [6.45, 7) is 2.82. The van der Waals surface area contributed by atoms with Crippen molar-refractivity contribution in [3.63, 3.8) is 0 Å². The molecule has 1 aromatic carbocycles. The van der Waals surface area contributed by atoms with E-state index in [-0.39, 0.29) is 19.3 Å². The van der Waals surface area contributed by atoms with Crippen LogP contribution < -0.4 is 10.6 Å². The van der Waals surface area contributed by atoms with Crippen LogP contribution >= 0.6 is 11.6 Å². The lowest BCUT2D eigenvalue weighted by atomic mass is 10.1. The summed E-state index contributed by atoms with van der Waals surface area (Å²) in [7, 11) is 0. The van der Waals surface area contributed by atoms with Gasteiger partial charge in [-0.2, -0.15) is 0 Å². The van der Waals surface area contributed by atoms with Gasteiger partial charge in [0.05, 0.1) is 35.5 Å². The molecule has 110 valence electrons. The van der Waals surface area contributed by atoms with Crippen LogP contribution in [0.2, 0.25) is 5.02 Å². The average molecular weight is 299 g/mol. The SMILES string of the molecule is CCOC(=O)c1cc(N)cc(Cl)c1N1CCCC1CO. The van der Waals surface area contributed by atoms with Crippen molar-refractivity contribution in [1.82, 2.24) is 0 Å². The number of nitrogens with two attached hydrogens (primary N) is 1. The van der Waals surface area contributed by atoms with Gasteiger partial charge in [0.25, 0.3) is 0 Å². The number of ether oxygens (including phenoxy) is 1. The van der Waals surface area contributed by atoms with E-state index in [1.165, 1.54) is 0 Å². The molecule has 1 aliphatic rings. The smallest absolute Gasteiger partial charge is 0.340 e. The first-order chi connectivity index (χ1) is 9.58. The lowest BCUT2D eigenvalue weighted by molar-refractivity contribution is 0.0527. The minimum absolute atomic E-state index is 0.0238. The number of hydrogen-bond acceptors (Lipinski definition) is 5. The van der Waals surface area contributed by atoms with Gasteiger partial charge in [-0.25, -0.2) is 4.79 Å². The van der Waals surface area contributed by atoms with Crippen LogP contribution in [0.5, 0.6) is 0 Å². The molecule has 0 spiro atoms. The van der Waals surface area contributed by atoms with Gasteiger partial charge in [0, 0.05) is 12.2 Å². The summed E-state index contributed by atoms with van der Waals surface area (Å²) >= 11 is 6.27. The van der Waals surface area contributed by atoms with Crippen LogP contribution in [-0.4, -0.2) is 36.9 Å². The highest BCUT2D eigenvalue weighted by Gasteiger charge is 2.30. The van der Waals surface area contributed by atoms with Gasteiger partial charge in [0.1, 0.15) is 0 Å². The highest BCUT2D eigenvalue weighted by atomic mass is 35.5. The zero-order valence-electron chi connectivity index (χ0n) is 11.4. The summed E-state index contributed by atoms with van der Waals surface area (Å²) in [5.41, 5.74) is 7.15. The number of nitrogen functional groups attached to an aromatic ring is 1. The highest BCUT2D eigenvalue weighted by molar-refractivity contribution is 6.34. The fourth-order valence-corrected chi connectivity index (χ4v) is 2.93. The maximum Gasteiger partial charge on any atom is 0.340 e. The molecule has 1 fully saturated rings. The van der Waals surface area contributed by atoms with Crippen molar-refractivity contribution in [2.24, 2.45) is 0 Å². The molecule has 2 rings (SSSR count). The third kappa shape index (κ3) is 2.83. The topological polar surface area (TPSA) is 75.8 Å². The van der Waals surface area contributed by atoms with E-state index in [1.807, 2.05) is 4.90 Å². The van der Waals surface area contributed by atoms with Crippen LogP contribution in [0.4, 0.5) is 11.4 Å². The Hall–Kier alpha value is -1.46. The first kappa shape index (κ1) is 14.9. The van der Waals surface area contributed by atoms with E-state index in [0.717, 1.165) is 19.4 Å². The van der Waals surface area contributed by atoms with Crippen molar-refractivity contribution in [2.75, 3.05) is 30.4 Å². The van der Waals surface area contributed by atoms with Crippen molar-refractivity contribution in [1.29, 1.82) is 0 Å². The van der Waals surface area contributed by atoms with E-state index < -0.39 is 5.97 Å². The van der Waals surface area contributed by atoms with Gasteiger partial charge in [0.2, 0.25) is 0 Å². The summed E-state index contributed by atoms with van der Waals surface area (Å²) in [5, 5.41) is 9.86. The van der Waals surface area contributed by atoms with Crippen molar-refractivity contribution in [2.45, 2.75) is 25.8 Å². The molecule has 5 nitrogen and oxygen atoms in total. The fraction of sp³-hybridized carbons (Fsp3) is 0.500. The number of anilines is 2. The summed E-state index contributed by atoms with van der Waals surface area (Å²) in [4.78, 5) is 14.1. The number of halogens is 1. The molecule has 0 radical (unpaired) electrons. The molecule has 0 amide bonds. The lowest BCUT2D eigenvalue weighted by Gasteiger charge is -2.28. The standard InChI is InChI=1S/C14H19ClN2O3/c1-2-20-14(19)11-6-9(16)7-12(15)13(11)17-5-3-4-10(17)8-18/h6-7,10,18H,2-5,8,16H2,1H3. The van der Waals surface area contributed by atoms with Crippen LogP contribution in [0.3, 0.4) is 0 Å². The van der Waals surface area contributed by atoms with Crippen molar-refractivity contribution >= 4 is 28.9 Å². The predicted octanol–water partition coefficient (Wildman–Crippen LogP) is 2.06. The first-order valence-electron chi connectivity index (χ1n) is 6.72. The van der Waals surface area contributed by atoms with Gasteiger partial charge in [-0.3, -0.25) is 0 Å². The Morgan fingerprint density at radius 3 is 3.00 bits per heavy atom. The first-order valence-corrected chi connectivity index (χ1v) is 7.10. The molecule has 3 N–H and O–H groups in total. The maximum atomic E-state index is 12.1. The number of carbonyl (C=O) groups is 1. The Balaban J connectivity index is 2.47. The van der Waals surface area contributed by atoms with Crippen LogP contribution in [0.15, 0.2) is 12.1 Å². The molecule has 0 aromatic heterocycles. The zero-order chi connectivity index (χ0) is 14.7. The molecule has 1 aliphatic heterocycles. The predicted molar refractivity (Wildman–Crippen MR) is 79.3 cm³/mol. The van der Waals surface area contributed by atoms with Crippen molar-refractivity contribution in [3.05, 3.63) is 22.7 Å². The normalized spacial score (nSPS) is 18.4. The Morgan fingerprint density at radius 1 is 1.60 bits per heavy atom. The zero-order valence-corrected chi connectivity index (χ0v) is 12.2. The van der Waals surface area contributed by atoms with E-state index in [1.54, 1.807) is 19.1 Å². The van der Waals surface area contributed by atoms with Crippen LogP contribution in [-0.2, 0) is 4.74 Å². The average Bonchev–Trinajstić information content (AvgIpc) is 2.86. The monoisotopic (exact) mass is 298 g/mol. The van der Waals surface area contributed by atoms with Gasteiger partial charge in [-0.05, 0) is 31.9 Å². The van der Waals surface area contributed by atoms with E-state index in [4.69, 9.17) is 22.1 Å². The molecule has 20 heavy (non-hydrogen) atoms. The Labute approximate surface area is 123 Å². The largest absolute Gasteiger partial charge is 0.462 e. The van der Waals surface area contributed by atoms with Crippen LogP contribution in [0.1, 0.15) is 30.1 Å². The number of aliphatic hydroxyl groups is 1. The molecule has 1 atom stereocenters. The van der Waals surface area contributed by atoms with Gasteiger partial charge < -0.3 is 20.5 Å². The Morgan fingerprint density at radius 2 is 2.35 bits per heavy atom. The van der Waals surface area contributed by atoms with E-state index >= 15 is 0 Å². The number of benzene rings is 1. The molecular formula is C14H19ClN2O3. The summed E-state index contributed by atoms with van der Waals surface area (Å²) in [6.07, 6.45) is 1.83. The molecule has 0 aliphatic carbocycles. The molecule has 0 saturated carbocycles. The molecule has 1 saturated heterocycles. The molecular weight excluding hydrogens is 280 g/mol. The van der Waals surface area contributed by atoms with Crippen LogP contribution in [0.25, 0.3) is 0 Å². The highest BCUT2D eigenvalue weighted by Crippen LogP contribution is 2.37. The Kier molecular flexibility index (Phi) is 4.73. The summed E-state index contributed by atoms with van der Waals surface area (Å²) < 4.78 is 5.06. The maximum absolute atomic E-state index is 12.1. The molecule has 1 unspecified atom stereocenters. The Bertz CT molecular complexity index is 507. The van der Waals surface area contributed by atoms with Crippen LogP contribution in [0, 0.1) is 0 Å². The number of nitrogens with zero attached hydrogens (tertiary/aromatic N) is 1. The molecule has 6 heteroatoms. The lowest BCUT2D eigenvalue weighted by Crippen LogP contribution is -2.33. The van der Waals surface area contributed by atoms with E-state index in [2.05, 4.69) is 0 Å². The van der Waals surface area contributed by atoms with Gasteiger partial charge in [0.15, 0.2) is 0 Å². The van der Waals surface area contributed by atoms with E-state index in [0.29, 0.717) is 22.0 Å². The third-order valence-corrected chi connectivity index (χ3v) is 3.74. The minimum atomic E-state index is -0.444. The number of rotatable bonds is 4. The molecule has 1 aromatic rings. The molecule has 1 heterocycles.